The molecular weight excluding hydrogens is 279 g/mol. The lowest BCUT2D eigenvalue weighted by molar-refractivity contribution is 0.613. The maximum Gasteiger partial charge on any atom is 0.183 e. The minimum absolute atomic E-state index is 0.0216. The van der Waals surface area contributed by atoms with E-state index in [2.05, 4.69) is 25.9 Å². The van der Waals surface area contributed by atoms with Crippen molar-refractivity contribution in [2.45, 2.75) is 0 Å². The van der Waals surface area contributed by atoms with Crippen LogP contribution in [0.1, 0.15) is 0 Å². The van der Waals surface area contributed by atoms with Crippen molar-refractivity contribution >= 4 is 28.1 Å². The first-order valence-corrected chi connectivity index (χ1v) is 5.38. The van der Waals surface area contributed by atoms with Gasteiger partial charge in [-0.2, -0.15) is 0 Å². The number of rotatable bonds is 1. The van der Waals surface area contributed by atoms with Crippen molar-refractivity contribution in [1.82, 2.24) is 9.97 Å². The van der Waals surface area contributed by atoms with Crippen LogP contribution >= 0.6 is 28.1 Å². The predicted molar refractivity (Wildman–Crippen MR) is 62.5 cm³/mol. The number of nitrogens with zero attached hydrogens (tertiary/aromatic N) is 1. The molecule has 0 spiro atoms. The van der Waals surface area contributed by atoms with E-state index in [1.807, 2.05) is 12.1 Å². The highest BCUT2D eigenvalue weighted by atomic mass is 79.9. The first kappa shape index (κ1) is 10.4. The molecule has 0 saturated heterocycles. The Hall–Kier alpha value is -1.07. The third kappa shape index (κ3) is 2.13. The Kier molecular flexibility index (Phi) is 2.93. The number of nitrogens with one attached hydrogen (secondary N) is 1. The second-order valence-corrected chi connectivity index (χ2v) is 4.21. The van der Waals surface area contributed by atoms with Gasteiger partial charge in [-0.25, -0.2) is 9.37 Å². The highest BCUT2D eigenvalue weighted by Gasteiger charge is 2.06. The molecule has 0 unspecified atom stereocenters. The van der Waals surface area contributed by atoms with Crippen LogP contribution in [0.15, 0.2) is 35.1 Å². The fourth-order valence-corrected chi connectivity index (χ4v) is 1.63. The predicted octanol–water partition coefficient (Wildman–Crippen LogP) is 3.71. The molecule has 0 aliphatic heterocycles. The normalized spacial score (nSPS) is 10.3. The smallest absolute Gasteiger partial charge is 0.183 e. The zero-order valence-electron chi connectivity index (χ0n) is 7.50. The molecule has 0 bridgehead atoms. The molecule has 2 aromatic rings. The van der Waals surface area contributed by atoms with Gasteiger partial charge in [0, 0.05) is 10.0 Å². The Morgan fingerprint density at radius 2 is 1.93 bits per heavy atom. The van der Waals surface area contributed by atoms with Crippen molar-refractivity contribution in [3.05, 3.63) is 45.5 Å². The van der Waals surface area contributed by atoms with Gasteiger partial charge >= 0.3 is 0 Å². The zero-order chi connectivity index (χ0) is 10.8. The molecule has 2 rings (SSSR count). The van der Waals surface area contributed by atoms with Gasteiger partial charge in [-0.15, -0.1) is 0 Å². The average molecular weight is 285 g/mol. The maximum atomic E-state index is 13.6. The molecule has 0 aliphatic rings. The monoisotopic (exact) mass is 284 g/mol. The summed E-state index contributed by atoms with van der Waals surface area (Å²) in [5, 5.41) is 0. The van der Waals surface area contributed by atoms with E-state index in [9.17, 15) is 4.39 Å². The van der Waals surface area contributed by atoms with Crippen LogP contribution in [0.25, 0.3) is 11.3 Å². The van der Waals surface area contributed by atoms with E-state index in [-0.39, 0.29) is 4.64 Å². The van der Waals surface area contributed by atoms with Crippen molar-refractivity contribution in [1.29, 1.82) is 0 Å². The number of hydrogen-bond acceptors (Lipinski definition) is 2. The Balaban J connectivity index is 2.59. The number of benzene rings is 1. The highest BCUT2D eigenvalue weighted by molar-refractivity contribution is 9.10. The van der Waals surface area contributed by atoms with Crippen LogP contribution in [-0.4, -0.2) is 9.97 Å². The van der Waals surface area contributed by atoms with Crippen molar-refractivity contribution in [3.63, 3.8) is 0 Å². The summed E-state index contributed by atoms with van der Waals surface area (Å²) in [7, 11) is 0. The largest absolute Gasteiger partial charge is 0.343 e. The van der Waals surface area contributed by atoms with Crippen LogP contribution in [0.2, 0.25) is 0 Å². The number of halogens is 2. The van der Waals surface area contributed by atoms with Gasteiger partial charge in [0.15, 0.2) is 10.5 Å². The SMILES string of the molecule is Fc1c(-c2ccc(Br)cc2)[nH]cnc1=S. The topological polar surface area (TPSA) is 28.7 Å². The van der Waals surface area contributed by atoms with Crippen LogP contribution in [-0.2, 0) is 0 Å². The van der Waals surface area contributed by atoms with Gasteiger partial charge in [-0.1, -0.05) is 40.3 Å². The molecular formula is C10H6BrFN2S. The van der Waals surface area contributed by atoms with Gasteiger partial charge in [-0.05, 0) is 12.1 Å². The summed E-state index contributed by atoms with van der Waals surface area (Å²) in [5.41, 5.74) is 1.10. The van der Waals surface area contributed by atoms with Gasteiger partial charge in [0.25, 0.3) is 0 Å². The van der Waals surface area contributed by atoms with E-state index >= 15 is 0 Å². The van der Waals surface area contributed by atoms with Gasteiger partial charge < -0.3 is 4.98 Å². The molecule has 0 saturated carbocycles. The molecule has 1 aromatic heterocycles. The molecule has 0 atom stereocenters. The number of H-pyrrole nitrogens is 1. The second kappa shape index (κ2) is 4.20. The van der Waals surface area contributed by atoms with E-state index < -0.39 is 5.82 Å². The van der Waals surface area contributed by atoms with Crippen molar-refractivity contribution in [2.24, 2.45) is 0 Å². The molecule has 0 radical (unpaired) electrons. The quantitative estimate of drug-likeness (QED) is 0.809. The second-order valence-electron chi connectivity index (χ2n) is 2.90. The van der Waals surface area contributed by atoms with Gasteiger partial charge in [0.1, 0.15) is 0 Å². The molecule has 2 nitrogen and oxygen atoms in total. The molecule has 76 valence electrons. The van der Waals surface area contributed by atoms with Crippen molar-refractivity contribution in [3.8, 4) is 11.3 Å². The lowest BCUT2D eigenvalue weighted by atomic mass is 10.1. The summed E-state index contributed by atoms with van der Waals surface area (Å²) in [5.74, 6) is -0.491. The lowest BCUT2D eigenvalue weighted by Crippen LogP contribution is -1.92. The average Bonchev–Trinajstić information content (AvgIpc) is 2.24. The van der Waals surface area contributed by atoms with E-state index in [0.29, 0.717) is 5.69 Å². The number of aromatic amines is 1. The summed E-state index contributed by atoms with van der Waals surface area (Å²) in [6.07, 6.45) is 1.39. The third-order valence-electron chi connectivity index (χ3n) is 1.93. The van der Waals surface area contributed by atoms with Crippen LogP contribution in [0.5, 0.6) is 0 Å². The van der Waals surface area contributed by atoms with Crippen LogP contribution in [0, 0.1) is 10.5 Å². The van der Waals surface area contributed by atoms with E-state index in [4.69, 9.17) is 12.2 Å². The van der Waals surface area contributed by atoms with E-state index in [1.54, 1.807) is 12.1 Å². The van der Waals surface area contributed by atoms with Crippen LogP contribution < -0.4 is 0 Å². The van der Waals surface area contributed by atoms with Gasteiger partial charge in [0.2, 0.25) is 0 Å². The molecule has 15 heavy (non-hydrogen) atoms. The van der Waals surface area contributed by atoms with Crippen LogP contribution in [0.4, 0.5) is 4.39 Å². The Morgan fingerprint density at radius 3 is 2.60 bits per heavy atom. The molecule has 1 aromatic carbocycles. The number of aromatic nitrogens is 2. The zero-order valence-corrected chi connectivity index (χ0v) is 9.90. The van der Waals surface area contributed by atoms with Gasteiger partial charge in [-0.3, -0.25) is 0 Å². The molecule has 0 amide bonds. The molecule has 0 fully saturated rings. The van der Waals surface area contributed by atoms with Crippen LogP contribution in [0.3, 0.4) is 0 Å². The first-order chi connectivity index (χ1) is 7.18. The Bertz CT molecular complexity index is 536. The van der Waals surface area contributed by atoms with Crippen molar-refractivity contribution < 1.29 is 4.39 Å². The summed E-state index contributed by atoms with van der Waals surface area (Å²) in [4.78, 5) is 6.40. The molecule has 5 heteroatoms. The third-order valence-corrected chi connectivity index (χ3v) is 2.74. The minimum Gasteiger partial charge on any atom is -0.343 e. The fraction of sp³-hybridized carbons (Fsp3) is 0. The summed E-state index contributed by atoms with van der Waals surface area (Å²) >= 11 is 8.07. The lowest BCUT2D eigenvalue weighted by Gasteiger charge is -2.02. The molecule has 1 N–H and O–H groups in total. The fourth-order valence-electron chi connectivity index (χ4n) is 1.21. The van der Waals surface area contributed by atoms with Gasteiger partial charge in [0.05, 0.1) is 12.0 Å². The summed E-state index contributed by atoms with van der Waals surface area (Å²) in [6, 6.07) is 7.28. The first-order valence-electron chi connectivity index (χ1n) is 4.17. The highest BCUT2D eigenvalue weighted by Crippen LogP contribution is 2.21. The van der Waals surface area contributed by atoms with E-state index in [0.717, 1.165) is 10.0 Å². The van der Waals surface area contributed by atoms with Crippen molar-refractivity contribution in [2.75, 3.05) is 0 Å². The molecule has 0 aliphatic carbocycles. The maximum absolute atomic E-state index is 13.6. The Labute approximate surface area is 99.3 Å². The molecule has 1 heterocycles. The summed E-state index contributed by atoms with van der Waals surface area (Å²) < 4.78 is 14.5. The Morgan fingerprint density at radius 1 is 1.27 bits per heavy atom. The van der Waals surface area contributed by atoms with E-state index in [1.165, 1.54) is 6.33 Å². The standard InChI is InChI=1S/C10H6BrFN2S/c11-7-3-1-6(2-4-7)9-8(12)10(15)14-5-13-9/h1-5H,(H,13,14,15). The number of hydrogen-bond donors (Lipinski definition) is 1. The minimum atomic E-state index is -0.491. The summed E-state index contributed by atoms with van der Waals surface area (Å²) in [6.45, 7) is 0.